The third-order valence-electron chi connectivity index (χ3n) is 3.32. The van der Waals surface area contributed by atoms with E-state index in [1.165, 1.54) is 19.2 Å². The van der Waals surface area contributed by atoms with Crippen LogP contribution in [0, 0.1) is 0 Å². The van der Waals surface area contributed by atoms with Crippen molar-refractivity contribution in [1.29, 1.82) is 0 Å². The number of nitrogens with one attached hydrogen (secondary N) is 1. The molecule has 0 aliphatic carbocycles. The Kier molecular flexibility index (Phi) is 5.05. The second kappa shape index (κ2) is 6.81. The van der Waals surface area contributed by atoms with E-state index in [1.807, 2.05) is 12.1 Å². The van der Waals surface area contributed by atoms with Gasteiger partial charge in [0.15, 0.2) is 0 Å². The van der Waals surface area contributed by atoms with Gasteiger partial charge in [-0.2, -0.15) is 0 Å². The van der Waals surface area contributed by atoms with Crippen molar-refractivity contribution in [2.45, 2.75) is 17.9 Å². The molecule has 0 saturated heterocycles. The van der Waals surface area contributed by atoms with Crippen molar-refractivity contribution >= 4 is 10.0 Å². The van der Waals surface area contributed by atoms with Gasteiger partial charge in [-0.05, 0) is 48.9 Å². The lowest BCUT2D eigenvalue weighted by atomic mass is 10.1. The number of sulfonamides is 1. The van der Waals surface area contributed by atoms with Crippen LogP contribution < -0.4 is 14.2 Å². The lowest BCUT2D eigenvalue weighted by Crippen LogP contribution is -2.26. The lowest BCUT2D eigenvalue weighted by Gasteiger charge is -2.15. The Labute approximate surface area is 130 Å². The van der Waals surface area contributed by atoms with Gasteiger partial charge in [0, 0.05) is 6.04 Å². The Morgan fingerprint density at radius 2 is 1.32 bits per heavy atom. The molecule has 2 aromatic rings. The maximum absolute atomic E-state index is 12.4. The Hall–Kier alpha value is -2.05. The topological polar surface area (TPSA) is 64.6 Å². The predicted octanol–water partition coefficient (Wildman–Crippen LogP) is 2.74. The first kappa shape index (κ1) is 16.3. The molecular weight excluding hydrogens is 302 g/mol. The highest BCUT2D eigenvalue weighted by Gasteiger charge is 2.18. The minimum atomic E-state index is -3.59. The Morgan fingerprint density at radius 3 is 1.77 bits per heavy atom. The number of hydrogen-bond acceptors (Lipinski definition) is 4. The van der Waals surface area contributed by atoms with Crippen LogP contribution in [0.5, 0.6) is 11.5 Å². The molecule has 1 atom stereocenters. The fourth-order valence-electron chi connectivity index (χ4n) is 2.02. The first-order chi connectivity index (χ1) is 10.5. The van der Waals surface area contributed by atoms with Gasteiger partial charge in [-0.25, -0.2) is 13.1 Å². The molecule has 0 aromatic heterocycles. The summed E-state index contributed by atoms with van der Waals surface area (Å²) in [7, 11) is -0.462. The summed E-state index contributed by atoms with van der Waals surface area (Å²) in [5.74, 6) is 1.34. The summed E-state index contributed by atoms with van der Waals surface area (Å²) in [6.45, 7) is 1.79. The second-order valence-corrected chi connectivity index (χ2v) is 6.51. The molecule has 0 bridgehead atoms. The number of rotatable bonds is 6. The van der Waals surface area contributed by atoms with Crippen molar-refractivity contribution < 1.29 is 17.9 Å². The summed E-state index contributed by atoms with van der Waals surface area (Å²) in [4.78, 5) is 0.202. The van der Waals surface area contributed by atoms with Crippen LogP contribution in [0.1, 0.15) is 18.5 Å². The lowest BCUT2D eigenvalue weighted by molar-refractivity contribution is 0.414. The van der Waals surface area contributed by atoms with Crippen LogP contribution in [0.25, 0.3) is 0 Å². The van der Waals surface area contributed by atoms with Gasteiger partial charge in [-0.1, -0.05) is 12.1 Å². The molecule has 0 radical (unpaired) electrons. The molecule has 2 aromatic carbocycles. The molecular formula is C16H19NO4S. The van der Waals surface area contributed by atoms with Gasteiger partial charge in [0.05, 0.1) is 19.1 Å². The summed E-state index contributed by atoms with van der Waals surface area (Å²) in [5.41, 5.74) is 0.859. The van der Waals surface area contributed by atoms with E-state index in [4.69, 9.17) is 9.47 Å². The molecule has 0 saturated carbocycles. The summed E-state index contributed by atoms with van der Waals surface area (Å²) in [6.07, 6.45) is 0. The zero-order valence-electron chi connectivity index (χ0n) is 12.7. The molecule has 2 rings (SSSR count). The molecule has 0 aliphatic rings. The van der Waals surface area contributed by atoms with Crippen molar-refractivity contribution in [1.82, 2.24) is 4.72 Å². The fourth-order valence-corrected chi connectivity index (χ4v) is 3.25. The fraction of sp³-hybridized carbons (Fsp3) is 0.250. The first-order valence-electron chi connectivity index (χ1n) is 6.76. The van der Waals surface area contributed by atoms with Gasteiger partial charge in [-0.3, -0.25) is 0 Å². The normalized spacial score (nSPS) is 12.7. The maximum atomic E-state index is 12.4. The van der Waals surface area contributed by atoms with Crippen LogP contribution in [-0.4, -0.2) is 22.6 Å². The van der Waals surface area contributed by atoms with Gasteiger partial charge >= 0.3 is 0 Å². The highest BCUT2D eigenvalue weighted by Crippen LogP contribution is 2.21. The number of hydrogen-bond donors (Lipinski definition) is 1. The third-order valence-corrected chi connectivity index (χ3v) is 4.87. The molecule has 0 fully saturated rings. The number of benzene rings is 2. The molecule has 6 heteroatoms. The Bertz CT molecular complexity index is 709. The van der Waals surface area contributed by atoms with Crippen LogP contribution in [0.3, 0.4) is 0 Å². The van der Waals surface area contributed by atoms with E-state index < -0.39 is 10.0 Å². The average molecular weight is 321 g/mol. The summed E-state index contributed by atoms with van der Waals surface area (Å²) < 4.78 is 37.5. The van der Waals surface area contributed by atoms with Crippen molar-refractivity contribution in [2.24, 2.45) is 0 Å². The van der Waals surface area contributed by atoms with Crippen molar-refractivity contribution in [3.63, 3.8) is 0 Å². The maximum Gasteiger partial charge on any atom is 0.241 e. The zero-order valence-corrected chi connectivity index (χ0v) is 13.6. The molecule has 118 valence electrons. The Morgan fingerprint density at radius 1 is 0.864 bits per heavy atom. The first-order valence-corrected chi connectivity index (χ1v) is 8.25. The number of methoxy groups -OCH3 is 2. The van der Waals surface area contributed by atoms with Crippen LogP contribution in [0.4, 0.5) is 0 Å². The van der Waals surface area contributed by atoms with Crippen LogP contribution in [-0.2, 0) is 10.0 Å². The van der Waals surface area contributed by atoms with Crippen LogP contribution in [0.15, 0.2) is 53.4 Å². The van der Waals surface area contributed by atoms with Gasteiger partial charge in [-0.15, -0.1) is 0 Å². The van der Waals surface area contributed by atoms with Gasteiger partial charge in [0.2, 0.25) is 10.0 Å². The molecule has 0 aliphatic heterocycles. The predicted molar refractivity (Wildman–Crippen MR) is 84.7 cm³/mol. The summed E-state index contributed by atoms with van der Waals surface area (Å²) in [6, 6.07) is 13.2. The van der Waals surface area contributed by atoms with Crippen molar-refractivity contribution in [2.75, 3.05) is 14.2 Å². The third kappa shape index (κ3) is 3.78. The highest BCUT2D eigenvalue weighted by molar-refractivity contribution is 7.89. The molecule has 22 heavy (non-hydrogen) atoms. The SMILES string of the molecule is COc1ccc([C@H](C)NS(=O)(=O)c2ccc(OC)cc2)cc1. The minimum absolute atomic E-state index is 0.202. The minimum Gasteiger partial charge on any atom is -0.497 e. The van der Waals surface area contributed by atoms with Crippen molar-refractivity contribution in [3.8, 4) is 11.5 Å². The summed E-state index contributed by atoms with van der Waals surface area (Å²) in [5, 5.41) is 0. The second-order valence-electron chi connectivity index (χ2n) is 4.79. The average Bonchev–Trinajstić information content (AvgIpc) is 2.54. The quantitative estimate of drug-likeness (QED) is 0.888. The summed E-state index contributed by atoms with van der Waals surface area (Å²) >= 11 is 0. The zero-order chi connectivity index (χ0) is 16.2. The smallest absolute Gasteiger partial charge is 0.241 e. The van der Waals surface area contributed by atoms with E-state index in [1.54, 1.807) is 38.3 Å². The van der Waals surface area contributed by atoms with Gasteiger partial charge in [0.25, 0.3) is 0 Å². The van der Waals surface area contributed by atoms with E-state index in [9.17, 15) is 8.42 Å². The molecule has 0 heterocycles. The molecule has 0 amide bonds. The van der Waals surface area contributed by atoms with E-state index in [2.05, 4.69) is 4.72 Å². The van der Waals surface area contributed by atoms with Crippen LogP contribution in [0.2, 0.25) is 0 Å². The Balaban J connectivity index is 2.15. The van der Waals surface area contributed by atoms with E-state index >= 15 is 0 Å². The van der Waals surface area contributed by atoms with E-state index in [0.717, 1.165) is 11.3 Å². The molecule has 0 spiro atoms. The highest BCUT2D eigenvalue weighted by atomic mass is 32.2. The van der Waals surface area contributed by atoms with Crippen LogP contribution >= 0.6 is 0 Å². The molecule has 5 nitrogen and oxygen atoms in total. The monoisotopic (exact) mass is 321 g/mol. The standard InChI is InChI=1S/C16H19NO4S/c1-12(13-4-6-14(20-2)7-5-13)17-22(18,19)16-10-8-15(21-3)9-11-16/h4-12,17H,1-3H3/t12-/m0/s1. The van der Waals surface area contributed by atoms with E-state index in [0.29, 0.717) is 5.75 Å². The van der Waals surface area contributed by atoms with E-state index in [-0.39, 0.29) is 10.9 Å². The number of ether oxygens (including phenoxy) is 2. The van der Waals surface area contributed by atoms with Gasteiger partial charge < -0.3 is 9.47 Å². The van der Waals surface area contributed by atoms with Gasteiger partial charge in [0.1, 0.15) is 11.5 Å². The molecule has 1 N–H and O–H groups in total. The largest absolute Gasteiger partial charge is 0.497 e. The molecule has 0 unspecified atom stereocenters. The van der Waals surface area contributed by atoms with Crippen molar-refractivity contribution in [3.05, 3.63) is 54.1 Å².